The molecule has 0 radical (unpaired) electrons. The monoisotopic (exact) mass is 168 g/mol. The van der Waals surface area contributed by atoms with Crippen molar-refractivity contribution >= 4 is 5.97 Å². The molecule has 0 aromatic heterocycles. The Hall–Kier alpha value is -1.55. The Bertz CT molecular complexity index is 285. The Kier molecular flexibility index (Phi) is 2.30. The van der Waals surface area contributed by atoms with E-state index in [4.69, 9.17) is 15.3 Å². The number of carboxylic acids is 1. The van der Waals surface area contributed by atoms with Gasteiger partial charge in [-0.3, -0.25) is 0 Å². The van der Waals surface area contributed by atoms with Crippen molar-refractivity contribution in [2.45, 2.75) is 6.10 Å². The number of hydrogen-bond acceptors (Lipinski definition) is 3. The lowest BCUT2D eigenvalue weighted by molar-refractivity contribution is -0.133. The highest BCUT2D eigenvalue weighted by Gasteiger charge is 2.20. The summed E-state index contributed by atoms with van der Waals surface area (Å²) in [6, 6.07) is 0. The maximum absolute atomic E-state index is 10.5. The van der Waals surface area contributed by atoms with E-state index in [-0.39, 0.29) is 0 Å². The fourth-order valence-electron chi connectivity index (χ4n) is 0.890. The van der Waals surface area contributed by atoms with Crippen LogP contribution in [0.1, 0.15) is 0 Å². The summed E-state index contributed by atoms with van der Waals surface area (Å²) in [5.41, 5.74) is -0.403. The first kappa shape index (κ1) is 8.55. The molecule has 0 saturated carbocycles. The molecule has 4 heteroatoms. The van der Waals surface area contributed by atoms with E-state index in [0.717, 1.165) is 0 Å². The SMILES string of the molecule is O=C(O)C1=C(O)C=CC=CC1O. The highest BCUT2D eigenvalue weighted by molar-refractivity contribution is 5.89. The van der Waals surface area contributed by atoms with Crippen molar-refractivity contribution in [2.75, 3.05) is 0 Å². The number of aliphatic carboxylic acids is 1. The second-order valence-electron chi connectivity index (χ2n) is 2.29. The van der Waals surface area contributed by atoms with Crippen LogP contribution in [-0.2, 0) is 4.79 Å². The number of carbonyl (C=O) groups is 1. The predicted molar refractivity (Wildman–Crippen MR) is 41.6 cm³/mol. The van der Waals surface area contributed by atoms with Crippen LogP contribution >= 0.6 is 0 Å². The van der Waals surface area contributed by atoms with E-state index in [1.165, 1.54) is 24.3 Å². The van der Waals surface area contributed by atoms with Gasteiger partial charge >= 0.3 is 5.97 Å². The van der Waals surface area contributed by atoms with Gasteiger partial charge in [-0.05, 0) is 6.08 Å². The summed E-state index contributed by atoms with van der Waals surface area (Å²) in [5.74, 6) is -1.74. The summed E-state index contributed by atoms with van der Waals surface area (Å²) in [6.07, 6.45) is 4.17. The lowest BCUT2D eigenvalue weighted by Gasteiger charge is -2.05. The molecule has 0 amide bonds. The van der Waals surface area contributed by atoms with E-state index < -0.39 is 23.4 Å². The molecule has 1 unspecified atom stereocenters. The molecule has 1 aliphatic carbocycles. The second kappa shape index (κ2) is 3.23. The summed E-state index contributed by atoms with van der Waals surface area (Å²) < 4.78 is 0. The van der Waals surface area contributed by atoms with E-state index in [1.54, 1.807) is 0 Å². The molecular weight excluding hydrogens is 160 g/mol. The molecule has 12 heavy (non-hydrogen) atoms. The second-order valence-corrected chi connectivity index (χ2v) is 2.29. The molecule has 1 atom stereocenters. The largest absolute Gasteiger partial charge is 0.507 e. The van der Waals surface area contributed by atoms with Crippen molar-refractivity contribution < 1.29 is 20.1 Å². The molecule has 0 aliphatic heterocycles. The number of allylic oxidation sites excluding steroid dienone is 3. The van der Waals surface area contributed by atoms with Gasteiger partial charge in [-0.15, -0.1) is 0 Å². The third-order valence-corrected chi connectivity index (χ3v) is 1.46. The van der Waals surface area contributed by atoms with Crippen molar-refractivity contribution in [1.29, 1.82) is 0 Å². The predicted octanol–water partition coefficient (Wildman–Crippen LogP) is 0.370. The van der Waals surface area contributed by atoms with E-state index >= 15 is 0 Å². The molecule has 0 aromatic rings. The van der Waals surface area contributed by atoms with Crippen molar-refractivity contribution in [2.24, 2.45) is 0 Å². The van der Waals surface area contributed by atoms with Gasteiger partial charge in [0.25, 0.3) is 0 Å². The third-order valence-electron chi connectivity index (χ3n) is 1.46. The highest BCUT2D eigenvalue weighted by atomic mass is 16.4. The van der Waals surface area contributed by atoms with Gasteiger partial charge in [-0.25, -0.2) is 4.79 Å². The lowest BCUT2D eigenvalue weighted by atomic mass is 10.1. The number of aliphatic hydroxyl groups excluding tert-OH is 2. The van der Waals surface area contributed by atoms with E-state index in [0.29, 0.717) is 0 Å². The van der Waals surface area contributed by atoms with Crippen molar-refractivity contribution in [3.63, 3.8) is 0 Å². The maximum atomic E-state index is 10.5. The first-order chi connectivity index (χ1) is 5.63. The summed E-state index contributed by atoms with van der Waals surface area (Å²) in [7, 11) is 0. The average molecular weight is 168 g/mol. The first-order valence-electron chi connectivity index (χ1n) is 3.32. The van der Waals surface area contributed by atoms with Crippen LogP contribution in [0, 0.1) is 0 Å². The smallest absolute Gasteiger partial charge is 0.338 e. The van der Waals surface area contributed by atoms with Gasteiger partial charge in [0.15, 0.2) is 0 Å². The topological polar surface area (TPSA) is 77.8 Å². The number of rotatable bonds is 1. The van der Waals surface area contributed by atoms with Crippen LogP contribution in [0.4, 0.5) is 0 Å². The molecule has 0 aromatic carbocycles. The molecule has 0 saturated heterocycles. The van der Waals surface area contributed by atoms with Gasteiger partial charge in [0, 0.05) is 0 Å². The Morgan fingerprint density at radius 2 is 2.08 bits per heavy atom. The third kappa shape index (κ3) is 1.54. The van der Waals surface area contributed by atoms with Crippen molar-refractivity contribution in [3.05, 3.63) is 35.6 Å². The molecule has 0 bridgehead atoms. The molecule has 64 valence electrons. The van der Waals surface area contributed by atoms with Crippen LogP contribution < -0.4 is 0 Å². The van der Waals surface area contributed by atoms with Gasteiger partial charge in [0.05, 0.1) is 0 Å². The van der Waals surface area contributed by atoms with Crippen LogP contribution in [0.2, 0.25) is 0 Å². The van der Waals surface area contributed by atoms with Gasteiger partial charge in [-0.1, -0.05) is 18.2 Å². The van der Waals surface area contributed by atoms with Crippen LogP contribution in [-0.4, -0.2) is 27.4 Å². The maximum Gasteiger partial charge on any atom is 0.338 e. The van der Waals surface area contributed by atoms with Gasteiger partial charge < -0.3 is 15.3 Å². The zero-order valence-corrected chi connectivity index (χ0v) is 6.14. The lowest BCUT2D eigenvalue weighted by Crippen LogP contribution is -2.16. The fourth-order valence-corrected chi connectivity index (χ4v) is 0.890. The standard InChI is InChI=1S/C8H8O4/c9-5-3-1-2-4-6(10)7(5)8(11)12/h1-5,9-10H,(H,11,12). The quantitative estimate of drug-likeness (QED) is 0.528. The fraction of sp³-hybridized carbons (Fsp3) is 0.125. The Morgan fingerprint density at radius 1 is 1.42 bits per heavy atom. The minimum Gasteiger partial charge on any atom is -0.507 e. The van der Waals surface area contributed by atoms with Gasteiger partial charge in [0.1, 0.15) is 17.4 Å². The molecule has 0 heterocycles. The normalized spacial score (nSPS) is 22.6. The molecule has 4 nitrogen and oxygen atoms in total. The summed E-state index contributed by atoms with van der Waals surface area (Å²) in [6.45, 7) is 0. The molecule has 0 spiro atoms. The Labute approximate surface area is 68.8 Å². The van der Waals surface area contributed by atoms with Crippen molar-refractivity contribution in [1.82, 2.24) is 0 Å². The molecule has 3 N–H and O–H groups in total. The summed E-state index contributed by atoms with van der Waals surface area (Å²) in [5, 5.41) is 26.8. The van der Waals surface area contributed by atoms with Crippen molar-refractivity contribution in [3.8, 4) is 0 Å². The zero-order chi connectivity index (χ0) is 9.14. The van der Waals surface area contributed by atoms with Crippen LogP contribution in [0.3, 0.4) is 0 Å². The molecular formula is C8H8O4. The Balaban J connectivity index is 3.12. The minimum atomic E-state index is -1.32. The molecule has 0 fully saturated rings. The van der Waals surface area contributed by atoms with Gasteiger partial charge in [0.2, 0.25) is 0 Å². The number of carboxylic acid groups (broad SMARTS) is 1. The van der Waals surface area contributed by atoms with Crippen LogP contribution in [0.25, 0.3) is 0 Å². The Morgan fingerprint density at radius 3 is 2.67 bits per heavy atom. The number of aliphatic hydroxyl groups is 2. The molecule has 1 rings (SSSR count). The van der Waals surface area contributed by atoms with Crippen LogP contribution in [0.5, 0.6) is 0 Å². The summed E-state index contributed by atoms with van der Waals surface area (Å²) >= 11 is 0. The minimum absolute atomic E-state index is 0.403. The van der Waals surface area contributed by atoms with Crippen LogP contribution in [0.15, 0.2) is 35.6 Å². The van der Waals surface area contributed by atoms with Gasteiger partial charge in [-0.2, -0.15) is 0 Å². The highest BCUT2D eigenvalue weighted by Crippen LogP contribution is 2.13. The van der Waals surface area contributed by atoms with E-state index in [9.17, 15) is 4.79 Å². The molecule has 1 aliphatic rings. The van der Waals surface area contributed by atoms with E-state index in [1.807, 2.05) is 0 Å². The zero-order valence-electron chi connectivity index (χ0n) is 6.14. The average Bonchev–Trinajstić information content (AvgIpc) is 2.11. The first-order valence-corrected chi connectivity index (χ1v) is 3.32. The number of hydrogen-bond donors (Lipinski definition) is 3. The van der Waals surface area contributed by atoms with E-state index in [2.05, 4.69) is 0 Å². The summed E-state index contributed by atoms with van der Waals surface area (Å²) in [4.78, 5) is 10.5.